The van der Waals surface area contributed by atoms with Gasteiger partial charge in [0.05, 0.1) is 32.6 Å². The molecule has 0 radical (unpaired) electrons. The summed E-state index contributed by atoms with van der Waals surface area (Å²) < 4.78 is 36.8. The zero-order chi connectivity index (χ0) is 20.3. The van der Waals surface area contributed by atoms with E-state index in [1.807, 2.05) is 0 Å². The number of likely N-dealkylation sites (N-methyl/N-ethyl adjacent to an activating group) is 1. The van der Waals surface area contributed by atoms with Crippen molar-refractivity contribution in [2.24, 2.45) is 5.92 Å². The first-order valence-corrected chi connectivity index (χ1v) is 8.65. The number of ketones is 1. The first-order chi connectivity index (χ1) is 12.2. The van der Waals surface area contributed by atoms with E-state index in [2.05, 4.69) is 19.5 Å². The van der Waals surface area contributed by atoms with Crippen LogP contribution in [0.1, 0.15) is 0 Å². The third-order valence-electron chi connectivity index (χ3n) is 4.05. The van der Waals surface area contributed by atoms with Gasteiger partial charge in [-0.25, -0.2) is 4.79 Å². The molecule has 0 bridgehead atoms. The van der Waals surface area contributed by atoms with Crippen molar-refractivity contribution in [3.8, 4) is 0 Å². The highest BCUT2D eigenvalue weighted by Gasteiger charge is 2.75. The lowest BCUT2D eigenvalue weighted by atomic mass is 9.89. The van der Waals surface area contributed by atoms with Crippen molar-refractivity contribution in [2.45, 2.75) is 5.16 Å². The van der Waals surface area contributed by atoms with Crippen LogP contribution in [0.2, 0.25) is 0 Å². The fourth-order valence-electron chi connectivity index (χ4n) is 2.90. The van der Waals surface area contributed by atoms with E-state index in [-0.39, 0.29) is 0 Å². The van der Waals surface area contributed by atoms with Gasteiger partial charge in [0, 0.05) is 21.3 Å². The van der Waals surface area contributed by atoms with Gasteiger partial charge in [-0.1, -0.05) is 0 Å². The first-order valence-electron chi connectivity index (χ1n) is 7.11. The van der Waals surface area contributed by atoms with Gasteiger partial charge in [-0.3, -0.25) is 18.9 Å². The van der Waals surface area contributed by atoms with Crippen molar-refractivity contribution >= 4 is 31.3 Å². The minimum atomic E-state index is -4.66. The molecule has 11 nitrogen and oxygen atoms in total. The van der Waals surface area contributed by atoms with Gasteiger partial charge in [0.25, 0.3) is 5.16 Å². The fraction of sp³-hybridized carbons (Fsp3) is 0.571. The topological polar surface area (TPSA) is 144 Å². The lowest BCUT2D eigenvalue weighted by molar-refractivity contribution is -0.157. The van der Waals surface area contributed by atoms with E-state index in [0.717, 1.165) is 35.5 Å². The van der Waals surface area contributed by atoms with Crippen LogP contribution in [0.5, 0.6) is 0 Å². The summed E-state index contributed by atoms with van der Waals surface area (Å²) in [6.45, 7) is 0. The molecule has 0 fully saturated rings. The normalized spacial score (nSPS) is 22.8. The Balaban J connectivity index is 4.04. The largest absolute Gasteiger partial charge is 0.468 e. The van der Waals surface area contributed by atoms with Crippen LogP contribution in [-0.2, 0) is 47.0 Å². The molecule has 146 valence electrons. The lowest BCUT2D eigenvalue weighted by Crippen LogP contribution is -2.54. The zero-order valence-electron chi connectivity index (χ0n) is 15.1. The van der Waals surface area contributed by atoms with Gasteiger partial charge in [-0.05, 0) is 0 Å². The number of rotatable bonds is 7. The molecule has 1 aliphatic carbocycles. The van der Waals surface area contributed by atoms with Crippen molar-refractivity contribution in [2.75, 3.05) is 42.6 Å². The highest BCUT2D eigenvalue weighted by Crippen LogP contribution is 2.67. The monoisotopic (exact) mass is 393 g/mol. The molecule has 26 heavy (non-hydrogen) atoms. The Kier molecular flexibility index (Phi) is 6.70. The second-order valence-corrected chi connectivity index (χ2v) is 7.37. The summed E-state index contributed by atoms with van der Waals surface area (Å²) in [6.07, 6.45) is 0. The van der Waals surface area contributed by atoms with Gasteiger partial charge in [0.15, 0.2) is 0 Å². The van der Waals surface area contributed by atoms with Crippen molar-refractivity contribution in [3.05, 3.63) is 11.3 Å². The molecule has 0 spiro atoms. The summed E-state index contributed by atoms with van der Waals surface area (Å²) in [5, 5.41) is -0.396. The summed E-state index contributed by atoms with van der Waals surface area (Å²) in [6, 6.07) is 0. The average Bonchev–Trinajstić information content (AvgIpc) is 2.94. The zero-order valence-corrected chi connectivity index (χ0v) is 16.0. The van der Waals surface area contributed by atoms with E-state index in [1.54, 1.807) is 0 Å². The number of ether oxygens (including phenoxy) is 3. The highest BCUT2D eigenvalue weighted by atomic mass is 31.2. The third-order valence-corrected chi connectivity index (χ3v) is 6.52. The maximum Gasteiger partial charge on any atom is 0.356 e. The van der Waals surface area contributed by atoms with Gasteiger partial charge in [0.2, 0.25) is 5.78 Å². The molecule has 0 saturated carbocycles. The van der Waals surface area contributed by atoms with Gasteiger partial charge >= 0.3 is 25.5 Å². The van der Waals surface area contributed by atoms with Gasteiger partial charge < -0.3 is 28.6 Å². The van der Waals surface area contributed by atoms with Crippen LogP contribution in [-0.4, -0.2) is 71.4 Å². The van der Waals surface area contributed by atoms with Crippen LogP contribution in [0.25, 0.3) is 0 Å². The van der Waals surface area contributed by atoms with E-state index in [4.69, 9.17) is 9.05 Å². The summed E-state index contributed by atoms with van der Waals surface area (Å²) in [5.74, 6) is -6.87. The average molecular weight is 393 g/mol. The molecule has 2 atom stereocenters. The molecule has 1 N–H and O–H groups in total. The van der Waals surface area contributed by atoms with Crippen LogP contribution in [0.15, 0.2) is 11.3 Å². The molecule has 1 aliphatic rings. The van der Waals surface area contributed by atoms with Gasteiger partial charge in [0.1, 0.15) is 5.92 Å². The maximum absolute atomic E-state index is 13.3. The number of carbonyl (C=O) groups is 4. The smallest absolute Gasteiger partial charge is 0.356 e. The molecular weight excluding hydrogens is 373 g/mol. The minimum Gasteiger partial charge on any atom is -0.468 e. The van der Waals surface area contributed by atoms with Crippen molar-refractivity contribution in [1.29, 1.82) is 0 Å². The molecule has 1 rings (SSSR count). The van der Waals surface area contributed by atoms with Crippen molar-refractivity contribution in [3.63, 3.8) is 0 Å². The van der Waals surface area contributed by atoms with Crippen LogP contribution >= 0.6 is 7.60 Å². The number of esters is 3. The number of allylic oxidation sites excluding steroid dienone is 1. The Bertz CT molecular complexity index is 707. The maximum atomic E-state index is 13.3. The summed E-state index contributed by atoms with van der Waals surface area (Å²) in [4.78, 5) is 50.5. The van der Waals surface area contributed by atoms with Gasteiger partial charge in [-0.2, -0.15) is 0 Å². The summed E-state index contributed by atoms with van der Waals surface area (Å²) in [5.41, 5.74) is -1.02. The Morgan fingerprint density at radius 2 is 1.54 bits per heavy atom. The van der Waals surface area contributed by atoms with Crippen LogP contribution in [0.4, 0.5) is 0 Å². The number of hydrogen-bond donors (Lipinski definition) is 1. The van der Waals surface area contributed by atoms with Crippen LogP contribution in [0, 0.1) is 5.92 Å². The highest BCUT2D eigenvalue weighted by molar-refractivity contribution is 7.58. The number of Topliss-reactive ketones (excluding diaryl/α,β-unsaturated/α-hetero) is 1. The van der Waals surface area contributed by atoms with Gasteiger partial charge in [-0.15, -0.1) is 0 Å². The quantitative estimate of drug-likeness (QED) is 0.256. The molecule has 12 heteroatoms. The number of hydrogen-bond acceptors (Lipinski definition) is 11. The second kappa shape index (κ2) is 7.98. The molecular formula is C14H20NO10P. The molecule has 0 saturated heterocycles. The SMILES string of the molecule is CNC1=C(C(=O)OC)C(C(=O)OC)C(C(=O)OC)(P(=O)(OC)OC)C1=O. The van der Waals surface area contributed by atoms with Crippen molar-refractivity contribution < 1.29 is 47.0 Å². The number of methoxy groups -OCH3 is 3. The van der Waals surface area contributed by atoms with Crippen molar-refractivity contribution in [1.82, 2.24) is 5.32 Å². The number of nitrogens with one attached hydrogen (secondary N) is 1. The van der Waals surface area contributed by atoms with E-state index in [9.17, 15) is 23.7 Å². The molecule has 0 aromatic carbocycles. The fourth-order valence-corrected chi connectivity index (χ4v) is 4.86. The van der Waals surface area contributed by atoms with E-state index >= 15 is 0 Å². The molecule has 0 aliphatic heterocycles. The summed E-state index contributed by atoms with van der Waals surface area (Å²) in [7, 11) is 1.33. The predicted molar refractivity (Wildman–Crippen MR) is 85.0 cm³/mol. The Morgan fingerprint density at radius 1 is 1.00 bits per heavy atom. The molecule has 0 heterocycles. The summed E-state index contributed by atoms with van der Waals surface area (Å²) >= 11 is 0. The Hall–Kier alpha value is -2.23. The molecule has 0 aromatic heterocycles. The predicted octanol–water partition coefficient (Wildman–Crippen LogP) is -0.597. The van der Waals surface area contributed by atoms with Crippen LogP contribution < -0.4 is 5.32 Å². The molecule has 0 aromatic rings. The van der Waals surface area contributed by atoms with E-state index in [1.165, 1.54) is 7.05 Å². The Labute approximate surface area is 149 Å². The minimum absolute atomic E-state index is 0.466. The first kappa shape index (κ1) is 21.8. The van der Waals surface area contributed by atoms with E-state index in [0.29, 0.717) is 0 Å². The van der Waals surface area contributed by atoms with E-state index < -0.39 is 53.6 Å². The number of carbonyl (C=O) groups excluding carboxylic acids is 4. The molecule has 2 unspecified atom stereocenters. The Morgan fingerprint density at radius 3 is 1.88 bits per heavy atom. The third kappa shape index (κ3) is 2.72. The standard InChI is InChI=1S/C14H20NO10P/c1-15-9-7(11(17)21-2)8(12(18)22-3)14(10(9)16,13(19)23-4)26(20,24-5)25-6/h8,15H,1-6H3. The molecule has 0 amide bonds. The lowest BCUT2D eigenvalue weighted by Gasteiger charge is -2.34. The van der Waals surface area contributed by atoms with Crippen LogP contribution in [0.3, 0.4) is 0 Å². The second-order valence-electron chi connectivity index (χ2n) is 4.94.